The van der Waals surface area contributed by atoms with E-state index in [0.717, 1.165) is 10.6 Å². The molecule has 0 radical (unpaired) electrons. The van der Waals surface area contributed by atoms with Crippen LogP contribution in [-0.4, -0.2) is 23.2 Å². The molecule has 1 N–H and O–H groups in total. The van der Waals surface area contributed by atoms with Crippen molar-refractivity contribution < 1.29 is 14.5 Å². The Morgan fingerprint density at radius 3 is 2.48 bits per heavy atom. The van der Waals surface area contributed by atoms with E-state index in [2.05, 4.69) is 5.32 Å². The highest BCUT2D eigenvalue weighted by atomic mass is 32.2. The maximum atomic E-state index is 12.2. The lowest BCUT2D eigenvalue weighted by molar-refractivity contribution is -0.383. The third-order valence-electron chi connectivity index (χ3n) is 3.10. The Hall–Kier alpha value is -2.54. The summed E-state index contributed by atoms with van der Waals surface area (Å²) in [6.45, 7) is 1.75. The number of hydrogen-bond donors (Lipinski definition) is 1. The molecule has 1 atom stereocenters. The Balaban J connectivity index is 2.04. The number of carbonyl (C=O) groups is 1. The molecule has 0 fully saturated rings. The summed E-state index contributed by atoms with van der Waals surface area (Å²) in [5, 5.41) is 13.2. The molecule has 1 amide bonds. The first-order valence-corrected chi connectivity index (χ1v) is 7.74. The number of nitrogens with one attached hydrogen (secondary N) is 1. The molecule has 2 rings (SSSR count). The van der Waals surface area contributed by atoms with Gasteiger partial charge in [0.15, 0.2) is 0 Å². The molecule has 0 unspecified atom stereocenters. The number of nitro groups is 1. The molecular formula is C16H16N2O4S. The van der Waals surface area contributed by atoms with Crippen LogP contribution in [0.1, 0.15) is 6.92 Å². The fourth-order valence-electron chi connectivity index (χ4n) is 1.88. The number of rotatable bonds is 6. The Bertz CT molecular complexity index is 703. The van der Waals surface area contributed by atoms with Gasteiger partial charge in [0.2, 0.25) is 5.91 Å². The molecule has 0 saturated heterocycles. The van der Waals surface area contributed by atoms with Gasteiger partial charge in [0.1, 0.15) is 11.4 Å². The van der Waals surface area contributed by atoms with Crippen molar-refractivity contribution in [3.63, 3.8) is 0 Å². The zero-order valence-electron chi connectivity index (χ0n) is 12.7. The number of anilines is 1. The smallest absolute Gasteiger partial charge is 0.292 e. The summed E-state index contributed by atoms with van der Waals surface area (Å²) in [7, 11) is 1.59. The summed E-state index contributed by atoms with van der Waals surface area (Å²) < 4.78 is 5.08. The number of carbonyl (C=O) groups excluding carboxylic acids is 1. The van der Waals surface area contributed by atoms with Gasteiger partial charge in [-0.3, -0.25) is 14.9 Å². The van der Waals surface area contributed by atoms with Gasteiger partial charge in [-0.15, -0.1) is 11.8 Å². The number of para-hydroxylation sites is 2. The van der Waals surface area contributed by atoms with Crippen molar-refractivity contribution in [1.82, 2.24) is 0 Å². The molecule has 0 aromatic heterocycles. The predicted molar refractivity (Wildman–Crippen MR) is 90.0 cm³/mol. The fourth-order valence-corrected chi connectivity index (χ4v) is 2.75. The summed E-state index contributed by atoms with van der Waals surface area (Å²) in [6.07, 6.45) is 0. The molecule has 0 aliphatic heterocycles. The van der Waals surface area contributed by atoms with Crippen LogP contribution in [0.25, 0.3) is 0 Å². The molecular weight excluding hydrogens is 316 g/mol. The first-order chi connectivity index (χ1) is 11.0. The van der Waals surface area contributed by atoms with E-state index in [1.54, 1.807) is 26.2 Å². The van der Waals surface area contributed by atoms with Crippen molar-refractivity contribution in [2.45, 2.75) is 17.1 Å². The van der Waals surface area contributed by atoms with Crippen LogP contribution in [0.4, 0.5) is 11.4 Å². The van der Waals surface area contributed by atoms with Gasteiger partial charge in [-0.1, -0.05) is 12.1 Å². The third kappa shape index (κ3) is 4.46. The minimum atomic E-state index is -0.517. The molecule has 2 aromatic carbocycles. The van der Waals surface area contributed by atoms with Crippen LogP contribution in [-0.2, 0) is 4.79 Å². The lowest BCUT2D eigenvalue weighted by Crippen LogP contribution is -2.22. The minimum absolute atomic E-state index is 0.123. The quantitative estimate of drug-likeness (QED) is 0.495. The SMILES string of the molecule is COc1ccc(S[C@@H](C)C(=O)Nc2ccccc2[N+](=O)[O-])cc1. The average molecular weight is 332 g/mol. The molecule has 0 spiro atoms. The molecule has 0 heterocycles. The topological polar surface area (TPSA) is 81.5 Å². The van der Waals surface area contributed by atoms with E-state index in [1.807, 2.05) is 24.3 Å². The van der Waals surface area contributed by atoms with Crippen LogP contribution >= 0.6 is 11.8 Å². The second-order valence-corrected chi connectivity index (χ2v) is 6.11. The van der Waals surface area contributed by atoms with E-state index in [0.29, 0.717) is 0 Å². The summed E-state index contributed by atoms with van der Waals surface area (Å²) in [4.78, 5) is 23.6. The standard InChI is InChI=1S/C16H16N2O4S/c1-11(23-13-9-7-12(22-2)8-10-13)16(19)17-14-5-3-4-6-15(14)18(20)21/h3-11H,1-2H3,(H,17,19)/t11-/m0/s1. The molecule has 6 nitrogen and oxygen atoms in total. The number of methoxy groups -OCH3 is 1. The number of thioether (sulfide) groups is 1. The second kappa shape index (κ2) is 7.64. The van der Waals surface area contributed by atoms with E-state index in [-0.39, 0.29) is 17.3 Å². The van der Waals surface area contributed by atoms with Crippen LogP contribution in [0.3, 0.4) is 0 Å². The van der Waals surface area contributed by atoms with Gasteiger partial charge in [0.25, 0.3) is 5.69 Å². The van der Waals surface area contributed by atoms with Crippen molar-refractivity contribution >= 4 is 29.0 Å². The van der Waals surface area contributed by atoms with E-state index < -0.39 is 10.2 Å². The van der Waals surface area contributed by atoms with Crippen LogP contribution in [0, 0.1) is 10.1 Å². The molecule has 23 heavy (non-hydrogen) atoms. The maximum absolute atomic E-state index is 12.2. The fraction of sp³-hybridized carbons (Fsp3) is 0.188. The minimum Gasteiger partial charge on any atom is -0.497 e. The Morgan fingerprint density at radius 1 is 1.22 bits per heavy atom. The number of amides is 1. The second-order valence-electron chi connectivity index (χ2n) is 4.70. The molecule has 2 aromatic rings. The molecule has 0 aliphatic carbocycles. The Morgan fingerprint density at radius 2 is 1.87 bits per heavy atom. The van der Waals surface area contributed by atoms with Crippen molar-refractivity contribution in [2.75, 3.05) is 12.4 Å². The number of nitro benzene ring substituents is 1. The van der Waals surface area contributed by atoms with Crippen molar-refractivity contribution in [1.29, 1.82) is 0 Å². The highest BCUT2D eigenvalue weighted by Crippen LogP contribution is 2.28. The van der Waals surface area contributed by atoms with Crippen LogP contribution < -0.4 is 10.1 Å². The zero-order valence-corrected chi connectivity index (χ0v) is 13.5. The van der Waals surface area contributed by atoms with Crippen molar-refractivity contribution in [3.8, 4) is 5.75 Å². The number of benzene rings is 2. The summed E-state index contributed by atoms with van der Waals surface area (Å²) in [5.41, 5.74) is 0.0761. The third-order valence-corrected chi connectivity index (χ3v) is 4.21. The largest absolute Gasteiger partial charge is 0.497 e. The van der Waals surface area contributed by atoms with E-state index in [4.69, 9.17) is 4.74 Å². The number of nitrogens with zero attached hydrogens (tertiary/aromatic N) is 1. The van der Waals surface area contributed by atoms with E-state index in [1.165, 1.54) is 23.9 Å². The average Bonchev–Trinajstić information content (AvgIpc) is 2.55. The molecule has 0 saturated carbocycles. The van der Waals surface area contributed by atoms with Gasteiger partial charge in [-0.2, -0.15) is 0 Å². The number of hydrogen-bond acceptors (Lipinski definition) is 5. The molecule has 120 valence electrons. The highest BCUT2D eigenvalue weighted by molar-refractivity contribution is 8.00. The van der Waals surface area contributed by atoms with Gasteiger partial charge < -0.3 is 10.1 Å². The van der Waals surface area contributed by atoms with Crippen LogP contribution in [0.2, 0.25) is 0 Å². The molecule has 0 bridgehead atoms. The first-order valence-electron chi connectivity index (χ1n) is 6.86. The predicted octanol–water partition coefficient (Wildman–Crippen LogP) is 3.72. The van der Waals surface area contributed by atoms with Gasteiger partial charge in [0, 0.05) is 11.0 Å². The summed E-state index contributed by atoms with van der Waals surface area (Å²) in [5.74, 6) is 0.450. The highest BCUT2D eigenvalue weighted by Gasteiger charge is 2.19. The lowest BCUT2D eigenvalue weighted by atomic mass is 10.2. The van der Waals surface area contributed by atoms with Gasteiger partial charge >= 0.3 is 0 Å². The zero-order chi connectivity index (χ0) is 16.8. The van der Waals surface area contributed by atoms with Gasteiger partial charge in [-0.05, 0) is 37.3 Å². The first kappa shape index (κ1) is 16.8. The van der Waals surface area contributed by atoms with Gasteiger partial charge in [0.05, 0.1) is 17.3 Å². The lowest BCUT2D eigenvalue weighted by Gasteiger charge is -2.12. The monoisotopic (exact) mass is 332 g/mol. The summed E-state index contributed by atoms with van der Waals surface area (Å²) >= 11 is 1.37. The van der Waals surface area contributed by atoms with E-state index >= 15 is 0 Å². The van der Waals surface area contributed by atoms with Crippen molar-refractivity contribution in [2.24, 2.45) is 0 Å². The van der Waals surface area contributed by atoms with E-state index in [9.17, 15) is 14.9 Å². The summed E-state index contributed by atoms with van der Waals surface area (Å²) in [6, 6.07) is 13.4. The van der Waals surface area contributed by atoms with Crippen LogP contribution in [0.5, 0.6) is 5.75 Å². The van der Waals surface area contributed by atoms with Crippen molar-refractivity contribution in [3.05, 3.63) is 58.6 Å². The number of ether oxygens (including phenoxy) is 1. The Labute approximate surface area is 138 Å². The Kier molecular flexibility index (Phi) is 5.59. The molecule has 0 aliphatic rings. The van der Waals surface area contributed by atoms with Crippen LogP contribution in [0.15, 0.2) is 53.4 Å². The normalized spacial score (nSPS) is 11.6. The maximum Gasteiger partial charge on any atom is 0.292 e. The molecule has 7 heteroatoms. The van der Waals surface area contributed by atoms with Gasteiger partial charge in [-0.25, -0.2) is 0 Å².